The summed E-state index contributed by atoms with van der Waals surface area (Å²) >= 11 is 0. The molecule has 0 heterocycles. The van der Waals surface area contributed by atoms with Gasteiger partial charge in [-0.05, 0) is 34.4 Å². The highest BCUT2D eigenvalue weighted by Crippen LogP contribution is 2.32. The molecule has 1 unspecified atom stereocenters. The van der Waals surface area contributed by atoms with Crippen molar-refractivity contribution in [3.8, 4) is 11.5 Å². The van der Waals surface area contributed by atoms with E-state index in [1.165, 1.54) is 0 Å². The van der Waals surface area contributed by atoms with Gasteiger partial charge in [0.15, 0.2) is 17.6 Å². The molecule has 0 saturated carbocycles. The van der Waals surface area contributed by atoms with Crippen LogP contribution in [0.15, 0.2) is 109 Å². The van der Waals surface area contributed by atoms with E-state index in [9.17, 15) is 9.90 Å². The molecule has 1 amide bonds. The van der Waals surface area contributed by atoms with E-state index in [-0.39, 0.29) is 0 Å². The van der Waals surface area contributed by atoms with Crippen molar-refractivity contribution in [1.29, 1.82) is 0 Å². The minimum Gasteiger partial charge on any atom is -0.485 e. The molecule has 0 bridgehead atoms. The van der Waals surface area contributed by atoms with Gasteiger partial charge in [-0.15, -0.1) is 0 Å². The monoisotopic (exact) mass is 453 g/mol. The fourth-order valence-corrected chi connectivity index (χ4v) is 3.43. The van der Waals surface area contributed by atoms with Gasteiger partial charge in [-0.1, -0.05) is 97.1 Å². The van der Waals surface area contributed by atoms with Crippen LogP contribution in [-0.2, 0) is 24.6 Å². The number of hydrogen-bond acceptors (Lipinski definition) is 4. The second-order valence-electron chi connectivity index (χ2n) is 7.86. The average molecular weight is 454 g/mol. The van der Waals surface area contributed by atoms with Crippen LogP contribution in [0, 0.1) is 0 Å². The van der Waals surface area contributed by atoms with E-state index in [2.05, 4.69) is 5.32 Å². The summed E-state index contributed by atoms with van der Waals surface area (Å²) < 4.78 is 12.0. The van der Waals surface area contributed by atoms with Crippen LogP contribution in [0.4, 0.5) is 0 Å². The number of rotatable bonds is 10. The van der Waals surface area contributed by atoms with Gasteiger partial charge in [0.2, 0.25) is 0 Å². The van der Waals surface area contributed by atoms with E-state index in [1.807, 2.05) is 91.0 Å². The predicted octanol–water partition coefficient (Wildman–Crippen LogP) is 5.19. The first-order valence-corrected chi connectivity index (χ1v) is 11.2. The molecule has 0 aliphatic carbocycles. The fraction of sp³-hybridized carbons (Fsp3) is 0.138. The Morgan fingerprint density at radius 3 is 1.74 bits per heavy atom. The summed E-state index contributed by atoms with van der Waals surface area (Å²) in [6.07, 6.45) is -1.33. The molecular weight excluding hydrogens is 426 g/mol. The molecule has 0 fully saturated rings. The van der Waals surface area contributed by atoms with Gasteiger partial charge in [-0.25, -0.2) is 0 Å². The SMILES string of the molecule is O=C(NCc1ccccc1)C(O)c1ccc(OCc2ccccc2)c(OCc2ccccc2)c1. The Morgan fingerprint density at radius 2 is 1.18 bits per heavy atom. The molecule has 4 aromatic carbocycles. The third-order valence-corrected chi connectivity index (χ3v) is 5.32. The quantitative estimate of drug-likeness (QED) is 0.347. The van der Waals surface area contributed by atoms with Gasteiger partial charge in [0, 0.05) is 6.54 Å². The van der Waals surface area contributed by atoms with Crippen LogP contribution in [0.2, 0.25) is 0 Å². The molecule has 0 aliphatic heterocycles. The van der Waals surface area contributed by atoms with E-state index in [0.29, 0.717) is 36.8 Å². The lowest BCUT2D eigenvalue weighted by Gasteiger charge is -2.17. The van der Waals surface area contributed by atoms with Crippen LogP contribution < -0.4 is 14.8 Å². The van der Waals surface area contributed by atoms with E-state index < -0.39 is 12.0 Å². The van der Waals surface area contributed by atoms with Crippen LogP contribution in [0.5, 0.6) is 11.5 Å². The number of ether oxygens (including phenoxy) is 2. The maximum absolute atomic E-state index is 12.6. The van der Waals surface area contributed by atoms with Crippen molar-refractivity contribution in [3.63, 3.8) is 0 Å². The predicted molar refractivity (Wildman–Crippen MR) is 131 cm³/mol. The largest absolute Gasteiger partial charge is 0.485 e. The maximum atomic E-state index is 12.6. The first-order chi connectivity index (χ1) is 16.7. The molecule has 34 heavy (non-hydrogen) atoms. The Morgan fingerprint density at radius 1 is 0.676 bits per heavy atom. The second kappa shape index (κ2) is 11.7. The fourth-order valence-electron chi connectivity index (χ4n) is 3.43. The Labute approximate surface area is 199 Å². The summed E-state index contributed by atoms with van der Waals surface area (Å²) in [5.74, 6) is 0.531. The third-order valence-electron chi connectivity index (χ3n) is 5.32. The number of carbonyl (C=O) groups is 1. The Balaban J connectivity index is 1.48. The van der Waals surface area contributed by atoms with E-state index in [1.54, 1.807) is 18.2 Å². The molecule has 0 spiro atoms. The van der Waals surface area contributed by atoms with Gasteiger partial charge in [-0.3, -0.25) is 4.79 Å². The minimum absolute atomic E-state index is 0.336. The zero-order chi connectivity index (χ0) is 23.6. The number of nitrogens with one attached hydrogen (secondary N) is 1. The molecule has 0 saturated heterocycles. The van der Waals surface area contributed by atoms with Crippen LogP contribution in [0.3, 0.4) is 0 Å². The lowest BCUT2D eigenvalue weighted by atomic mass is 10.1. The Hall–Kier alpha value is -4.09. The summed E-state index contributed by atoms with van der Waals surface area (Å²) in [5.41, 5.74) is 3.42. The molecule has 2 N–H and O–H groups in total. The molecule has 0 radical (unpaired) electrons. The lowest BCUT2D eigenvalue weighted by molar-refractivity contribution is -0.129. The van der Waals surface area contributed by atoms with Crippen molar-refractivity contribution in [3.05, 3.63) is 131 Å². The number of aliphatic hydroxyl groups excluding tert-OH is 1. The molecule has 4 aromatic rings. The topological polar surface area (TPSA) is 67.8 Å². The standard InChI is InChI=1S/C29H27NO4/c31-28(29(32)30-19-22-10-4-1-5-11-22)25-16-17-26(33-20-23-12-6-2-7-13-23)27(18-25)34-21-24-14-8-3-9-15-24/h1-18,28,31H,19-21H2,(H,30,32). The van der Waals surface area contributed by atoms with Crippen LogP contribution >= 0.6 is 0 Å². The molecule has 5 heteroatoms. The van der Waals surface area contributed by atoms with Crippen LogP contribution in [0.25, 0.3) is 0 Å². The first kappa shape index (κ1) is 23.1. The zero-order valence-corrected chi connectivity index (χ0v) is 18.8. The van der Waals surface area contributed by atoms with Crippen molar-refractivity contribution >= 4 is 5.91 Å². The smallest absolute Gasteiger partial charge is 0.253 e. The summed E-state index contributed by atoms with van der Waals surface area (Å²) in [6.45, 7) is 1.05. The number of aliphatic hydroxyl groups is 1. The molecule has 1 atom stereocenters. The van der Waals surface area contributed by atoms with Gasteiger partial charge >= 0.3 is 0 Å². The third kappa shape index (κ3) is 6.47. The summed E-state index contributed by atoms with van der Waals surface area (Å²) in [6, 6.07) is 34.3. The number of benzene rings is 4. The summed E-state index contributed by atoms with van der Waals surface area (Å²) in [5, 5.41) is 13.4. The highest BCUT2D eigenvalue weighted by molar-refractivity contribution is 5.82. The zero-order valence-electron chi connectivity index (χ0n) is 18.8. The van der Waals surface area contributed by atoms with Gasteiger partial charge in [0.05, 0.1) is 0 Å². The number of amides is 1. The van der Waals surface area contributed by atoms with Crippen LogP contribution in [0.1, 0.15) is 28.4 Å². The summed E-state index contributed by atoms with van der Waals surface area (Å²) in [7, 11) is 0. The molecular formula is C29H27NO4. The average Bonchev–Trinajstić information content (AvgIpc) is 2.91. The lowest BCUT2D eigenvalue weighted by Crippen LogP contribution is -2.28. The number of carbonyl (C=O) groups excluding carboxylic acids is 1. The highest BCUT2D eigenvalue weighted by atomic mass is 16.5. The van der Waals surface area contributed by atoms with Gasteiger partial charge in [0.25, 0.3) is 5.91 Å². The molecule has 0 aromatic heterocycles. The minimum atomic E-state index is -1.33. The molecule has 0 aliphatic rings. The normalized spacial score (nSPS) is 11.4. The molecule has 172 valence electrons. The van der Waals surface area contributed by atoms with E-state index >= 15 is 0 Å². The first-order valence-electron chi connectivity index (χ1n) is 11.2. The maximum Gasteiger partial charge on any atom is 0.253 e. The van der Waals surface area contributed by atoms with Crippen molar-refractivity contribution in [1.82, 2.24) is 5.32 Å². The van der Waals surface area contributed by atoms with Gasteiger partial charge < -0.3 is 19.9 Å². The van der Waals surface area contributed by atoms with Crippen molar-refractivity contribution < 1.29 is 19.4 Å². The summed E-state index contributed by atoms with van der Waals surface area (Å²) in [4.78, 5) is 12.6. The molecule has 5 nitrogen and oxygen atoms in total. The second-order valence-corrected chi connectivity index (χ2v) is 7.86. The Bertz CT molecular complexity index is 1180. The van der Waals surface area contributed by atoms with Crippen LogP contribution in [-0.4, -0.2) is 11.0 Å². The Kier molecular flexibility index (Phi) is 7.93. The number of hydrogen-bond donors (Lipinski definition) is 2. The van der Waals surface area contributed by atoms with Gasteiger partial charge in [-0.2, -0.15) is 0 Å². The molecule has 4 rings (SSSR count). The van der Waals surface area contributed by atoms with Crippen molar-refractivity contribution in [2.24, 2.45) is 0 Å². The van der Waals surface area contributed by atoms with Crippen molar-refractivity contribution in [2.75, 3.05) is 0 Å². The van der Waals surface area contributed by atoms with E-state index in [4.69, 9.17) is 9.47 Å². The van der Waals surface area contributed by atoms with Gasteiger partial charge in [0.1, 0.15) is 13.2 Å². The van der Waals surface area contributed by atoms with Crippen molar-refractivity contribution in [2.45, 2.75) is 25.9 Å². The van der Waals surface area contributed by atoms with E-state index in [0.717, 1.165) is 16.7 Å². The highest BCUT2D eigenvalue weighted by Gasteiger charge is 2.19.